The number of likely N-dealkylation sites (tertiary alicyclic amines) is 1. The third kappa shape index (κ3) is 4.35. The van der Waals surface area contributed by atoms with Crippen molar-refractivity contribution in [3.63, 3.8) is 0 Å². The Bertz CT molecular complexity index is 883. The molecule has 0 bridgehead atoms. The summed E-state index contributed by atoms with van der Waals surface area (Å²) in [5, 5.41) is 2.31. The van der Waals surface area contributed by atoms with E-state index in [9.17, 15) is 4.79 Å². The normalized spacial score (nSPS) is 17.4. The van der Waals surface area contributed by atoms with Crippen molar-refractivity contribution in [1.29, 1.82) is 0 Å². The van der Waals surface area contributed by atoms with Crippen LogP contribution in [0.2, 0.25) is 0 Å². The number of fused-ring (bicyclic) bond motifs is 1. The summed E-state index contributed by atoms with van der Waals surface area (Å²) in [6.07, 6.45) is 2.15. The van der Waals surface area contributed by atoms with Gasteiger partial charge in [0.1, 0.15) is 5.82 Å². The molecular formula is C23H35N3OS. The molecule has 0 spiro atoms. The van der Waals surface area contributed by atoms with E-state index in [2.05, 4.69) is 62.8 Å². The van der Waals surface area contributed by atoms with Gasteiger partial charge < -0.3 is 9.47 Å². The standard InChI is InChI=1S/C23H35N3OS/c1-7-28(8-2)19-9-10-21-20(15-19)24-22(23(4,5)6)26(21)16-18-11-13-25(14-12-18)17(3)27/h7,9-10,15,18H,8,11-14,16H2,1-6H3. The van der Waals surface area contributed by atoms with Gasteiger partial charge in [-0.25, -0.2) is 4.98 Å². The fraction of sp³-hybridized carbons (Fsp3) is 0.609. The van der Waals surface area contributed by atoms with E-state index in [0.717, 1.165) is 43.7 Å². The molecule has 0 saturated carbocycles. The number of carbonyl (C=O) groups is 1. The summed E-state index contributed by atoms with van der Waals surface area (Å²) in [5.41, 5.74) is 2.37. The first-order chi connectivity index (χ1) is 13.2. The zero-order valence-electron chi connectivity index (χ0n) is 18.3. The first kappa shape index (κ1) is 21.1. The second-order valence-corrected chi connectivity index (χ2v) is 11.2. The largest absolute Gasteiger partial charge is 0.343 e. The lowest BCUT2D eigenvalue weighted by molar-refractivity contribution is -0.130. The maximum absolute atomic E-state index is 11.6. The van der Waals surface area contributed by atoms with E-state index in [1.165, 1.54) is 16.2 Å². The Morgan fingerprint density at radius 2 is 1.96 bits per heavy atom. The zero-order chi connectivity index (χ0) is 20.5. The smallest absolute Gasteiger partial charge is 0.219 e. The predicted molar refractivity (Wildman–Crippen MR) is 122 cm³/mol. The molecule has 1 amide bonds. The van der Waals surface area contributed by atoms with Crippen LogP contribution in [0, 0.1) is 5.92 Å². The summed E-state index contributed by atoms with van der Waals surface area (Å²) >= 11 is 0. The number of rotatable bonds is 4. The predicted octanol–water partition coefficient (Wildman–Crippen LogP) is 5.06. The van der Waals surface area contributed by atoms with E-state index in [1.54, 1.807) is 6.92 Å². The zero-order valence-corrected chi connectivity index (χ0v) is 19.1. The van der Waals surface area contributed by atoms with E-state index >= 15 is 0 Å². The SMILES string of the molecule is C/C=S(\CC)c1ccc2c(c1)nc(C(C)(C)C)n2CC1CCN(C(C)=O)CC1. The topological polar surface area (TPSA) is 38.1 Å². The molecule has 1 saturated heterocycles. The molecule has 154 valence electrons. The number of amides is 1. The summed E-state index contributed by atoms with van der Waals surface area (Å²) in [7, 11) is 0.197. The molecular weight excluding hydrogens is 366 g/mol. The van der Waals surface area contributed by atoms with Crippen molar-refractivity contribution in [2.24, 2.45) is 5.92 Å². The van der Waals surface area contributed by atoms with E-state index in [4.69, 9.17) is 4.98 Å². The molecule has 1 aliphatic heterocycles. The van der Waals surface area contributed by atoms with Gasteiger partial charge in [0.15, 0.2) is 0 Å². The summed E-state index contributed by atoms with van der Waals surface area (Å²) in [6.45, 7) is 15.6. The van der Waals surface area contributed by atoms with Crippen LogP contribution in [0.3, 0.4) is 0 Å². The van der Waals surface area contributed by atoms with Crippen LogP contribution < -0.4 is 0 Å². The number of hydrogen-bond donors (Lipinski definition) is 0. The van der Waals surface area contributed by atoms with Gasteiger partial charge in [0.25, 0.3) is 0 Å². The molecule has 0 radical (unpaired) electrons. The van der Waals surface area contributed by atoms with Gasteiger partial charge in [0.2, 0.25) is 5.91 Å². The maximum atomic E-state index is 11.6. The van der Waals surface area contributed by atoms with Gasteiger partial charge in [-0.05, 0) is 49.6 Å². The molecule has 0 aliphatic carbocycles. The molecule has 2 heterocycles. The lowest BCUT2D eigenvalue weighted by Crippen LogP contribution is -2.38. The summed E-state index contributed by atoms with van der Waals surface area (Å²) in [5.74, 6) is 3.12. The Morgan fingerprint density at radius 1 is 1.29 bits per heavy atom. The molecule has 3 rings (SSSR count). The average molecular weight is 402 g/mol. The Balaban J connectivity index is 1.95. The molecule has 2 aromatic rings. The average Bonchev–Trinajstić information content (AvgIpc) is 3.01. The minimum atomic E-state index is 0.00257. The first-order valence-corrected chi connectivity index (χ1v) is 12.0. The van der Waals surface area contributed by atoms with Crippen LogP contribution >= 0.6 is 10.5 Å². The van der Waals surface area contributed by atoms with Crippen molar-refractivity contribution in [3.05, 3.63) is 24.0 Å². The number of piperidine rings is 1. The molecule has 1 atom stereocenters. The number of aromatic nitrogens is 2. The number of nitrogens with zero attached hydrogens (tertiary/aromatic N) is 3. The minimum Gasteiger partial charge on any atom is -0.343 e. The first-order valence-electron chi connectivity index (χ1n) is 10.5. The summed E-state index contributed by atoms with van der Waals surface area (Å²) in [6, 6.07) is 6.86. The van der Waals surface area contributed by atoms with Crippen LogP contribution in [0.25, 0.3) is 11.0 Å². The van der Waals surface area contributed by atoms with Crippen LogP contribution in [0.1, 0.15) is 60.2 Å². The van der Waals surface area contributed by atoms with Crippen LogP contribution in [0.4, 0.5) is 0 Å². The van der Waals surface area contributed by atoms with Gasteiger partial charge in [0.05, 0.1) is 11.0 Å². The van der Waals surface area contributed by atoms with Crippen LogP contribution in [-0.4, -0.2) is 44.6 Å². The molecule has 1 fully saturated rings. The molecule has 1 aromatic carbocycles. The van der Waals surface area contributed by atoms with Crippen LogP contribution in [0.5, 0.6) is 0 Å². The highest BCUT2D eigenvalue weighted by molar-refractivity contribution is 8.15. The lowest BCUT2D eigenvalue weighted by Gasteiger charge is -2.32. The second-order valence-electron chi connectivity index (χ2n) is 8.85. The number of carbonyl (C=O) groups excluding carboxylic acids is 1. The quantitative estimate of drug-likeness (QED) is 0.672. The second kappa shape index (κ2) is 8.40. The highest BCUT2D eigenvalue weighted by atomic mass is 32.2. The van der Waals surface area contributed by atoms with Crippen molar-refractivity contribution in [3.8, 4) is 0 Å². The van der Waals surface area contributed by atoms with Crippen LogP contribution in [-0.2, 0) is 16.8 Å². The van der Waals surface area contributed by atoms with Crippen molar-refractivity contribution >= 4 is 32.8 Å². The Morgan fingerprint density at radius 3 is 2.50 bits per heavy atom. The number of imidazole rings is 1. The van der Waals surface area contributed by atoms with Crippen molar-refractivity contribution < 1.29 is 4.79 Å². The van der Waals surface area contributed by atoms with Crippen LogP contribution in [0.15, 0.2) is 23.1 Å². The maximum Gasteiger partial charge on any atom is 0.219 e. The van der Waals surface area contributed by atoms with Gasteiger partial charge in [0, 0.05) is 36.9 Å². The number of benzene rings is 1. The Kier molecular flexibility index (Phi) is 6.33. The van der Waals surface area contributed by atoms with Gasteiger partial charge in [-0.3, -0.25) is 4.79 Å². The fourth-order valence-electron chi connectivity index (χ4n) is 4.19. The lowest BCUT2D eigenvalue weighted by atomic mass is 9.93. The Labute approximate surface area is 172 Å². The molecule has 4 nitrogen and oxygen atoms in total. The van der Waals surface area contributed by atoms with Crippen molar-refractivity contribution in [1.82, 2.24) is 14.5 Å². The van der Waals surface area contributed by atoms with Crippen molar-refractivity contribution in [2.45, 2.75) is 71.2 Å². The van der Waals surface area contributed by atoms with Crippen molar-refractivity contribution in [2.75, 3.05) is 18.8 Å². The summed E-state index contributed by atoms with van der Waals surface area (Å²) < 4.78 is 2.45. The van der Waals surface area contributed by atoms with Gasteiger partial charge in [-0.1, -0.05) is 33.1 Å². The molecule has 5 heteroatoms. The Hall–Kier alpha value is -1.62. The highest BCUT2D eigenvalue weighted by Crippen LogP contribution is 2.33. The number of hydrogen-bond acceptors (Lipinski definition) is 2. The molecule has 1 aromatic heterocycles. The van der Waals surface area contributed by atoms with Gasteiger partial charge >= 0.3 is 0 Å². The molecule has 1 unspecified atom stereocenters. The van der Waals surface area contributed by atoms with E-state index in [1.807, 2.05) is 4.90 Å². The minimum absolute atomic E-state index is 0.00257. The third-order valence-corrected chi connectivity index (χ3v) is 7.84. The van der Waals surface area contributed by atoms with E-state index in [-0.39, 0.29) is 21.8 Å². The summed E-state index contributed by atoms with van der Waals surface area (Å²) in [4.78, 5) is 20.1. The highest BCUT2D eigenvalue weighted by Gasteiger charge is 2.27. The molecule has 0 N–H and O–H groups in total. The fourth-order valence-corrected chi connectivity index (χ4v) is 5.63. The monoisotopic (exact) mass is 401 g/mol. The molecule has 28 heavy (non-hydrogen) atoms. The molecule has 1 aliphatic rings. The van der Waals surface area contributed by atoms with E-state index < -0.39 is 0 Å². The van der Waals surface area contributed by atoms with Gasteiger partial charge in [-0.15, -0.1) is 0 Å². The third-order valence-electron chi connectivity index (χ3n) is 5.79. The van der Waals surface area contributed by atoms with E-state index in [0.29, 0.717) is 5.92 Å². The van der Waals surface area contributed by atoms with Gasteiger partial charge in [-0.2, -0.15) is 10.5 Å².